The van der Waals surface area contributed by atoms with E-state index in [0.717, 1.165) is 48.5 Å². The maximum Gasteiger partial charge on any atom is 0.258 e. The molecular formula is C21H31N7O2+2. The molecule has 0 aliphatic carbocycles. The third-order valence-electron chi connectivity index (χ3n) is 6.37. The first kappa shape index (κ1) is 20.6. The highest BCUT2D eigenvalue weighted by atomic mass is 16.5. The number of aromatic nitrogens is 5. The first-order chi connectivity index (χ1) is 14.5. The van der Waals surface area contributed by atoms with E-state index in [2.05, 4.69) is 46.6 Å². The second kappa shape index (κ2) is 8.63. The predicted octanol–water partition coefficient (Wildman–Crippen LogP) is -1.72. The number of quaternary nitrogens is 2. The van der Waals surface area contributed by atoms with Gasteiger partial charge in [-0.2, -0.15) is 0 Å². The van der Waals surface area contributed by atoms with Gasteiger partial charge in [-0.1, -0.05) is 12.1 Å². The molecule has 3 N–H and O–H groups in total. The van der Waals surface area contributed by atoms with Crippen LogP contribution in [0.4, 0.5) is 0 Å². The van der Waals surface area contributed by atoms with Crippen molar-refractivity contribution < 1.29 is 14.5 Å². The lowest BCUT2D eigenvalue weighted by Crippen LogP contribution is -3.27. The van der Waals surface area contributed by atoms with Crippen molar-refractivity contribution in [2.75, 3.05) is 46.9 Å². The Bertz CT molecular complexity index is 1080. The molecule has 0 bridgehead atoms. The molecule has 9 nitrogen and oxygen atoms in total. The third kappa shape index (κ3) is 3.88. The minimum Gasteiger partial charge on any atom is -0.383 e. The SMILES string of the molecule is COCCn1nnnc1[C@H](c1cc2ccc(C)c(C)c2[nH]c1=O)[NH+]1CC[NH+](C)CC1. The van der Waals surface area contributed by atoms with Gasteiger partial charge in [0, 0.05) is 7.11 Å². The van der Waals surface area contributed by atoms with Gasteiger partial charge in [-0.3, -0.25) is 4.79 Å². The molecule has 4 rings (SSSR count). The highest BCUT2D eigenvalue weighted by Crippen LogP contribution is 2.22. The third-order valence-corrected chi connectivity index (χ3v) is 6.37. The Hall–Kier alpha value is -2.62. The highest BCUT2D eigenvalue weighted by molar-refractivity contribution is 5.83. The molecule has 1 fully saturated rings. The fraction of sp³-hybridized carbons (Fsp3) is 0.524. The maximum absolute atomic E-state index is 13.3. The van der Waals surface area contributed by atoms with Gasteiger partial charge in [-0.25, -0.2) is 4.68 Å². The molecule has 2 aromatic heterocycles. The van der Waals surface area contributed by atoms with Crippen molar-refractivity contribution in [3.05, 3.63) is 51.1 Å². The minimum atomic E-state index is -0.222. The topological polar surface area (TPSA) is 94.6 Å². The number of methoxy groups -OCH3 is 1. The molecule has 0 spiro atoms. The van der Waals surface area contributed by atoms with Crippen LogP contribution < -0.4 is 15.4 Å². The number of tetrazole rings is 1. The van der Waals surface area contributed by atoms with Crippen molar-refractivity contribution in [2.24, 2.45) is 0 Å². The number of rotatable bonds is 6. The summed E-state index contributed by atoms with van der Waals surface area (Å²) >= 11 is 0. The fourth-order valence-corrected chi connectivity index (χ4v) is 4.34. The molecule has 1 aromatic carbocycles. The maximum atomic E-state index is 13.3. The highest BCUT2D eigenvalue weighted by Gasteiger charge is 2.36. The van der Waals surface area contributed by atoms with Gasteiger partial charge in [0.2, 0.25) is 5.82 Å². The Morgan fingerprint density at radius 3 is 2.73 bits per heavy atom. The Kier molecular flexibility index (Phi) is 5.94. The lowest BCUT2D eigenvalue weighted by atomic mass is 10.00. The summed E-state index contributed by atoms with van der Waals surface area (Å²) < 4.78 is 7.00. The van der Waals surface area contributed by atoms with Crippen LogP contribution in [0.2, 0.25) is 0 Å². The van der Waals surface area contributed by atoms with Crippen molar-refractivity contribution in [1.29, 1.82) is 0 Å². The molecule has 0 unspecified atom stereocenters. The molecule has 0 saturated carbocycles. The zero-order valence-corrected chi connectivity index (χ0v) is 18.2. The second-order valence-electron chi connectivity index (χ2n) is 8.33. The second-order valence-corrected chi connectivity index (χ2v) is 8.33. The summed E-state index contributed by atoms with van der Waals surface area (Å²) in [5.74, 6) is 0.718. The standard InChI is InChI=1S/C21H29N7O2/c1-14-5-6-16-13-17(21(29)22-18(16)15(14)2)19(27-9-7-26(3)8-10-27)20-23-24-25-28(20)11-12-30-4/h5-6,13,19H,7-12H2,1-4H3,(H,22,29)/p+2/t19-/m0/s1. The Labute approximate surface area is 175 Å². The van der Waals surface area contributed by atoms with Crippen LogP contribution in [0.25, 0.3) is 10.9 Å². The molecule has 1 aliphatic rings. The van der Waals surface area contributed by atoms with Gasteiger partial charge in [0.25, 0.3) is 5.56 Å². The van der Waals surface area contributed by atoms with Gasteiger partial charge in [-0.05, 0) is 46.9 Å². The first-order valence-electron chi connectivity index (χ1n) is 10.5. The molecule has 1 aliphatic heterocycles. The van der Waals surface area contributed by atoms with Crippen molar-refractivity contribution >= 4 is 10.9 Å². The molecular weight excluding hydrogens is 382 g/mol. The van der Waals surface area contributed by atoms with Crippen LogP contribution in [0.15, 0.2) is 23.0 Å². The smallest absolute Gasteiger partial charge is 0.258 e. The normalized spacial score (nSPS) is 20.5. The van der Waals surface area contributed by atoms with E-state index in [1.165, 1.54) is 15.4 Å². The number of nitrogens with one attached hydrogen (secondary N) is 3. The number of aromatic amines is 1. The van der Waals surface area contributed by atoms with Gasteiger partial charge >= 0.3 is 0 Å². The number of hydrogen-bond acceptors (Lipinski definition) is 5. The van der Waals surface area contributed by atoms with E-state index in [9.17, 15) is 4.79 Å². The summed E-state index contributed by atoms with van der Waals surface area (Å²) in [6.45, 7) is 9.19. The molecule has 160 valence electrons. The summed E-state index contributed by atoms with van der Waals surface area (Å²) in [4.78, 5) is 19.3. The van der Waals surface area contributed by atoms with Crippen LogP contribution in [0, 0.1) is 13.8 Å². The number of nitrogens with zero attached hydrogens (tertiary/aromatic N) is 4. The predicted molar refractivity (Wildman–Crippen MR) is 113 cm³/mol. The molecule has 30 heavy (non-hydrogen) atoms. The zero-order valence-electron chi connectivity index (χ0n) is 18.2. The zero-order chi connectivity index (χ0) is 21.3. The van der Waals surface area contributed by atoms with Gasteiger partial charge in [-0.15, -0.1) is 5.10 Å². The Morgan fingerprint density at radius 1 is 1.23 bits per heavy atom. The van der Waals surface area contributed by atoms with Crippen molar-refractivity contribution in [1.82, 2.24) is 25.2 Å². The number of pyridine rings is 1. The van der Waals surface area contributed by atoms with Crippen LogP contribution in [-0.2, 0) is 11.3 Å². The molecule has 0 amide bonds. The van der Waals surface area contributed by atoms with E-state index < -0.39 is 0 Å². The summed E-state index contributed by atoms with van der Waals surface area (Å²) in [5.41, 5.74) is 3.82. The van der Waals surface area contributed by atoms with Crippen molar-refractivity contribution in [3.8, 4) is 0 Å². The van der Waals surface area contributed by atoms with Gasteiger partial charge < -0.3 is 19.5 Å². The van der Waals surface area contributed by atoms with Crippen LogP contribution in [0.3, 0.4) is 0 Å². The van der Waals surface area contributed by atoms with Gasteiger partial charge in [0.1, 0.15) is 26.2 Å². The number of likely N-dealkylation sites (N-methyl/N-ethyl adjacent to an activating group) is 1. The van der Waals surface area contributed by atoms with Gasteiger partial charge in [0.05, 0.1) is 31.3 Å². The molecule has 9 heteroatoms. The van der Waals surface area contributed by atoms with E-state index in [-0.39, 0.29) is 11.6 Å². The lowest BCUT2D eigenvalue weighted by Gasteiger charge is -2.32. The summed E-state index contributed by atoms with van der Waals surface area (Å²) in [6.07, 6.45) is 0. The number of H-pyrrole nitrogens is 1. The van der Waals surface area contributed by atoms with Crippen LogP contribution in [-0.4, -0.2) is 72.1 Å². The number of ether oxygens (including phenoxy) is 1. The fourth-order valence-electron chi connectivity index (χ4n) is 4.34. The molecule has 3 aromatic rings. The van der Waals surface area contributed by atoms with Crippen molar-refractivity contribution in [3.63, 3.8) is 0 Å². The minimum absolute atomic E-state index is 0.0683. The average molecular weight is 414 g/mol. The number of aryl methyl sites for hydroxylation is 2. The quantitative estimate of drug-likeness (QED) is 0.447. The summed E-state index contributed by atoms with van der Waals surface area (Å²) in [6, 6.07) is 5.98. The Morgan fingerprint density at radius 2 is 2.00 bits per heavy atom. The van der Waals surface area contributed by atoms with Gasteiger partial charge in [0.15, 0.2) is 6.04 Å². The molecule has 0 radical (unpaired) electrons. The molecule has 1 atom stereocenters. The van der Waals surface area contributed by atoms with E-state index in [1.54, 1.807) is 11.8 Å². The first-order valence-corrected chi connectivity index (χ1v) is 10.5. The van der Waals surface area contributed by atoms with E-state index in [0.29, 0.717) is 18.7 Å². The Balaban J connectivity index is 1.84. The number of fused-ring (bicyclic) bond motifs is 1. The lowest BCUT2D eigenvalue weighted by molar-refractivity contribution is -1.02. The molecule has 3 heterocycles. The number of piperazine rings is 1. The largest absolute Gasteiger partial charge is 0.383 e. The van der Waals surface area contributed by atoms with E-state index in [1.807, 2.05) is 13.0 Å². The van der Waals surface area contributed by atoms with Crippen molar-refractivity contribution in [2.45, 2.75) is 26.4 Å². The average Bonchev–Trinajstić information content (AvgIpc) is 3.20. The number of benzene rings is 1. The molecule has 1 saturated heterocycles. The monoisotopic (exact) mass is 413 g/mol. The van der Waals surface area contributed by atoms with E-state index in [4.69, 9.17) is 4.74 Å². The van der Waals surface area contributed by atoms with Crippen LogP contribution in [0.5, 0.6) is 0 Å². The van der Waals surface area contributed by atoms with Crippen LogP contribution in [0.1, 0.15) is 28.6 Å². The number of hydrogen-bond donors (Lipinski definition) is 3. The van der Waals surface area contributed by atoms with E-state index >= 15 is 0 Å². The summed E-state index contributed by atoms with van der Waals surface area (Å²) in [7, 11) is 3.87. The summed E-state index contributed by atoms with van der Waals surface area (Å²) in [5, 5.41) is 13.5. The van der Waals surface area contributed by atoms with Crippen LogP contribution >= 0.6 is 0 Å².